The van der Waals surface area contributed by atoms with E-state index in [0.717, 1.165) is 24.2 Å². The average molecular weight is 264 g/mol. The van der Waals surface area contributed by atoms with Gasteiger partial charge in [-0.3, -0.25) is 0 Å². The Bertz CT molecular complexity index is 395. The number of allylic oxidation sites excluding steroid dienone is 1. The molecule has 0 N–H and O–H groups in total. The van der Waals surface area contributed by atoms with Crippen LogP contribution in [0.5, 0.6) is 5.75 Å². The Hall–Kier alpha value is -1.81. The lowest BCUT2D eigenvalue weighted by molar-refractivity contribution is -0.134. The average Bonchev–Trinajstić information content (AvgIpc) is 2.46. The molecule has 0 aliphatic carbocycles. The van der Waals surface area contributed by atoms with Gasteiger partial charge in [-0.15, -0.1) is 0 Å². The van der Waals surface area contributed by atoms with Crippen LogP contribution in [0.3, 0.4) is 0 Å². The molecular formula is C15H20O4. The van der Waals surface area contributed by atoms with Crippen molar-refractivity contribution in [2.75, 3.05) is 20.8 Å². The predicted molar refractivity (Wildman–Crippen MR) is 73.0 cm³/mol. The van der Waals surface area contributed by atoms with Crippen molar-refractivity contribution in [2.24, 2.45) is 0 Å². The van der Waals surface area contributed by atoms with Crippen LogP contribution in [0.1, 0.15) is 18.4 Å². The molecule has 0 fully saturated rings. The van der Waals surface area contributed by atoms with Crippen molar-refractivity contribution in [2.45, 2.75) is 19.4 Å². The smallest absolute Gasteiger partial charge is 0.330 e. The third-order valence-electron chi connectivity index (χ3n) is 2.54. The van der Waals surface area contributed by atoms with Crippen LogP contribution < -0.4 is 4.74 Å². The highest BCUT2D eigenvalue weighted by molar-refractivity contribution is 5.81. The monoisotopic (exact) mass is 264 g/mol. The number of benzene rings is 1. The molecule has 4 nitrogen and oxygen atoms in total. The van der Waals surface area contributed by atoms with Crippen LogP contribution in [0, 0.1) is 0 Å². The second-order valence-electron chi connectivity index (χ2n) is 3.97. The summed E-state index contributed by atoms with van der Waals surface area (Å²) in [7, 11) is 3.01. The van der Waals surface area contributed by atoms with Gasteiger partial charge in [0.15, 0.2) is 0 Å². The SMILES string of the molecule is COC(=O)/C=C/CCCOCc1ccc(OC)cc1. The fourth-order valence-electron chi connectivity index (χ4n) is 1.46. The number of methoxy groups -OCH3 is 2. The molecule has 104 valence electrons. The van der Waals surface area contributed by atoms with Gasteiger partial charge in [0.25, 0.3) is 0 Å². The molecule has 4 heteroatoms. The van der Waals surface area contributed by atoms with E-state index in [1.165, 1.54) is 13.2 Å². The third-order valence-corrected chi connectivity index (χ3v) is 2.54. The molecule has 1 aromatic carbocycles. The van der Waals surface area contributed by atoms with Gasteiger partial charge in [-0.1, -0.05) is 18.2 Å². The van der Waals surface area contributed by atoms with E-state index in [-0.39, 0.29) is 5.97 Å². The van der Waals surface area contributed by atoms with E-state index in [2.05, 4.69) is 4.74 Å². The van der Waals surface area contributed by atoms with Crippen LogP contribution in [-0.2, 0) is 20.9 Å². The van der Waals surface area contributed by atoms with Crippen molar-refractivity contribution in [3.8, 4) is 5.75 Å². The number of rotatable bonds is 8. The fourth-order valence-corrected chi connectivity index (χ4v) is 1.46. The van der Waals surface area contributed by atoms with E-state index in [1.807, 2.05) is 24.3 Å². The molecule has 0 unspecified atom stereocenters. The van der Waals surface area contributed by atoms with Crippen molar-refractivity contribution < 1.29 is 19.0 Å². The Kier molecular flexibility index (Phi) is 7.35. The van der Waals surface area contributed by atoms with Crippen LogP contribution in [0.15, 0.2) is 36.4 Å². The highest BCUT2D eigenvalue weighted by atomic mass is 16.5. The molecule has 0 amide bonds. The molecule has 0 atom stereocenters. The van der Waals surface area contributed by atoms with Crippen LogP contribution in [0.2, 0.25) is 0 Å². The zero-order valence-corrected chi connectivity index (χ0v) is 11.4. The maximum absolute atomic E-state index is 10.8. The number of carbonyl (C=O) groups is 1. The summed E-state index contributed by atoms with van der Waals surface area (Å²) in [5.41, 5.74) is 1.12. The van der Waals surface area contributed by atoms with E-state index in [1.54, 1.807) is 13.2 Å². The number of carbonyl (C=O) groups excluding carboxylic acids is 1. The molecule has 0 radical (unpaired) electrons. The lowest BCUT2D eigenvalue weighted by Gasteiger charge is -2.04. The van der Waals surface area contributed by atoms with Crippen molar-refractivity contribution in [3.05, 3.63) is 42.0 Å². The molecule has 0 aromatic heterocycles. The molecule has 0 bridgehead atoms. The van der Waals surface area contributed by atoms with Gasteiger partial charge in [-0.2, -0.15) is 0 Å². The molecule has 19 heavy (non-hydrogen) atoms. The number of hydrogen-bond donors (Lipinski definition) is 0. The Morgan fingerprint density at radius 2 is 1.95 bits per heavy atom. The zero-order valence-electron chi connectivity index (χ0n) is 11.4. The number of hydrogen-bond acceptors (Lipinski definition) is 4. The zero-order chi connectivity index (χ0) is 13.9. The van der Waals surface area contributed by atoms with Gasteiger partial charge in [-0.05, 0) is 30.5 Å². The lowest BCUT2D eigenvalue weighted by atomic mass is 10.2. The van der Waals surface area contributed by atoms with Gasteiger partial charge < -0.3 is 14.2 Å². The summed E-state index contributed by atoms with van der Waals surface area (Å²) in [6.07, 6.45) is 4.91. The number of unbranched alkanes of at least 4 members (excludes halogenated alkanes) is 1. The summed E-state index contributed by atoms with van der Waals surface area (Å²) in [6, 6.07) is 7.79. The Balaban J connectivity index is 2.10. The van der Waals surface area contributed by atoms with Crippen LogP contribution in [-0.4, -0.2) is 26.8 Å². The summed E-state index contributed by atoms with van der Waals surface area (Å²) < 4.78 is 15.1. The summed E-state index contributed by atoms with van der Waals surface area (Å²) in [5.74, 6) is 0.524. The Morgan fingerprint density at radius 3 is 2.58 bits per heavy atom. The summed E-state index contributed by atoms with van der Waals surface area (Å²) in [5, 5.41) is 0. The van der Waals surface area contributed by atoms with Gasteiger partial charge in [-0.25, -0.2) is 4.79 Å². The largest absolute Gasteiger partial charge is 0.497 e. The number of ether oxygens (including phenoxy) is 3. The van der Waals surface area contributed by atoms with E-state index >= 15 is 0 Å². The van der Waals surface area contributed by atoms with Gasteiger partial charge in [0, 0.05) is 12.7 Å². The maximum atomic E-state index is 10.8. The molecule has 0 saturated carbocycles. The molecule has 0 aliphatic heterocycles. The summed E-state index contributed by atoms with van der Waals surface area (Å²) in [6.45, 7) is 1.25. The molecule has 0 saturated heterocycles. The minimum atomic E-state index is -0.320. The molecule has 0 heterocycles. The normalized spacial score (nSPS) is 10.6. The third kappa shape index (κ3) is 6.62. The standard InChI is InChI=1S/C15H20O4/c1-17-14-9-7-13(8-10-14)12-19-11-5-3-4-6-15(16)18-2/h4,6-10H,3,5,11-12H2,1-2H3/b6-4+. The van der Waals surface area contributed by atoms with Crippen LogP contribution >= 0.6 is 0 Å². The molecule has 1 rings (SSSR count). The first-order valence-electron chi connectivity index (χ1n) is 6.21. The topological polar surface area (TPSA) is 44.8 Å². The van der Waals surface area contributed by atoms with E-state index in [4.69, 9.17) is 9.47 Å². The minimum Gasteiger partial charge on any atom is -0.497 e. The van der Waals surface area contributed by atoms with Crippen molar-refractivity contribution in [1.29, 1.82) is 0 Å². The number of esters is 1. The highest BCUT2D eigenvalue weighted by Crippen LogP contribution is 2.12. The first kappa shape index (κ1) is 15.2. The van der Waals surface area contributed by atoms with E-state index in [9.17, 15) is 4.79 Å². The predicted octanol–water partition coefficient (Wildman–Crippen LogP) is 2.72. The first-order chi connectivity index (χ1) is 9.26. The molecule has 1 aromatic rings. The quantitative estimate of drug-likeness (QED) is 0.411. The molecule has 0 aliphatic rings. The van der Waals surface area contributed by atoms with Gasteiger partial charge >= 0.3 is 5.97 Å². The second kappa shape index (κ2) is 9.16. The van der Waals surface area contributed by atoms with Gasteiger partial charge in [0.2, 0.25) is 0 Å². The Labute approximate surface area is 114 Å². The van der Waals surface area contributed by atoms with Crippen molar-refractivity contribution in [3.63, 3.8) is 0 Å². The Morgan fingerprint density at radius 1 is 1.21 bits per heavy atom. The minimum absolute atomic E-state index is 0.320. The molecular weight excluding hydrogens is 244 g/mol. The second-order valence-corrected chi connectivity index (χ2v) is 3.97. The first-order valence-corrected chi connectivity index (χ1v) is 6.21. The van der Waals surface area contributed by atoms with Crippen LogP contribution in [0.4, 0.5) is 0 Å². The van der Waals surface area contributed by atoms with E-state index in [0.29, 0.717) is 13.2 Å². The van der Waals surface area contributed by atoms with Crippen molar-refractivity contribution >= 4 is 5.97 Å². The van der Waals surface area contributed by atoms with Gasteiger partial charge in [0.05, 0.1) is 20.8 Å². The highest BCUT2D eigenvalue weighted by Gasteiger charge is 1.95. The van der Waals surface area contributed by atoms with Crippen molar-refractivity contribution in [1.82, 2.24) is 0 Å². The van der Waals surface area contributed by atoms with E-state index < -0.39 is 0 Å². The van der Waals surface area contributed by atoms with Gasteiger partial charge in [0.1, 0.15) is 5.75 Å². The fraction of sp³-hybridized carbons (Fsp3) is 0.400. The summed E-state index contributed by atoms with van der Waals surface area (Å²) in [4.78, 5) is 10.8. The van der Waals surface area contributed by atoms with Crippen LogP contribution in [0.25, 0.3) is 0 Å². The molecule has 0 spiro atoms. The lowest BCUT2D eigenvalue weighted by Crippen LogP contribution is -1.96. The maximum Gasteiger partial charge on any atom is 0.330 e. The summed E-state index contributed by atoms with van der Waals surface area (Å²) >= 11 is 0.